The average molecular weight is 227 g/mol. The van der Waals surface area contributed by atoms with Gasteiger partial charge in [0.1, 0.15) is 5.82 Å². The summed E-state index contributed by atoms with van der Waals surface area (Å²) >= 11 is 0. The van der Waals surface area contributed by atoms with Gasteiger partial charge in [-0.15, -0.1) is 0 Å². The van der Waals surface area contributed by atoms with Gasteiger partial charge in [-0.05, 0) is 18.9 Å². The summed E-state index contributed by atoms with van der Waals surface area (Å²) in [6.45, 7) is 0. The number of phenols is 1. The van der Waals surface area contributed by atoms with Crippen LogP contribution in [-0.4, -0.2) is 5.11 Å². The van der Waals surface area contributed by atoms with E-state index in [0.717, 1.165) is 31.4 Å². The smallest absolute Gasteiger partial charge is 0.165 e. The molecule has 1 fully saturated rings. The summed E-state index contributed by atoms with van der Waals surface area (Å²) in [7, 11) is 0. The van der Waals surface area contributed by atoms with Gasteiger partial charge in [-0.1, -0.05) is 19.3 Å². The topological polar surface area (TPSA) is 46.2 Å². The van der Waals surface area contributed by atoms with Crippen LogP contribution in [0.25, 0.3) is 0 Å². The molecular weight excluding hydrogens is 212 g/mol. The number of hydrogen-bond acceptors (Lipinski definition) is 2. The van der Waals surface area contributed by atoms with Gasteiger partial charge in [-0.2, -0.15) is 0 Å². The third-order valence-electron chi connectivity index (χ3n) is 3.32. The molecule has 0 radical (unpaired) electrons. The molecule has 16 heavy (non-hydrogen) atoms. The van der Waals surface area contributed by atoms with Crippen molar-refractivity contribution >= 4 is 0 Å². The van der Waals surface area contributed by atoms with Crippen LogP contribution in [0.15, 0.2) is 12.1 Å². The standard InChI is InChI=1S/C12H15F2NO/c13-9-7-11(16)10(14)6-8(9)12(15)4-2-1-3-5-12/h6-7,16H,1-5,15H2. The van der Waals surface area contributed by atoms with Crippen LogP contribution in [0.1, 0.15) is 37.7 Å². The van der Waals surface area contributed by atoms with E-state index in [4.69, 9.17) is 10.8 Å². The molecule has 2 nitrogen and oxygen atoms in total. The van der Waals surface area contributed by atoms with Crippen LogP contribution in [0.2, 0.25) is 0 Å². The Balaban J connectivity index is 2.42. The van der Waals surface area contributed by atoms with Crippen molar-refractivity contribution < 1.29 is 13.9 Å². The molecule has 0 amide bonds. The number of phenolic OH excluding ortho intramolecular Hbond substituents is 1. The molecule has 1 aromatic carbocycles. The molecule has 3 N–H and O–H groups in total. The summed E-state index contributed by atoms with van der Waals surface area (Å²) in [5.41, 5.74) is 5.51. The normalized spacial score (nSPS) is 19.7. The Kier molecular flexibility index (Phi) is 2.84. The van der Waals surface area contributed by atoms with E-state index in [-0.39, 0.29) is 5.56 Å². The van der Waals surface area contributed by atoms with Crippen LogP contribution < -0.4 is 5.73 Å². The lowest BCUT2D eigenvalue weighted by atomic mass is 9.77. The maximum Gasteiger partial charge on any atom is 0.165 e. The Hall–Kier alpha value is -1.16. The van der Waals surface area contributed by atoms with Gasteiger partial charge >= 0.3 is 0 Å². The van der Waals surface area contributed by atoms with Crippen LogP contribution in [-0.2, 0) is 5.54 Å². The molecule has 0 aliphatic heterocycles. The number of nitrogens with two attached hydrogens (primary N) is 1. The first-order valence-corrected chi connectivity index (χ1v) is 5.50. The molecule has 1 aromatic rings. The maximum absolute atomic E-state index is 13.7. The van der Waals surface area contributed by atoms with Crippen LogP contribution in [0.3, 0.4) is 0 Å². The molecule has 0 aromatic heterocycles. The molecule has 0 saturated heterocycles. The highest BCUT2D eigenvalue weighted by Crippen LogP contribution is 2.37. The second kappa shape index (κ2) is 4.01. The predicted molar refractivity (Wildman–Crippen MR) is 57.0 cm³/mol. The molecule has 0 spiro atoms. The first kappa shape index (κ1) is 11.3. The lowest BCUT2D eigenvalue weighted by Crippen LogP contribution is -2.39. The van der Waals surface area contributed by atoms with Crippen molar-refractivity contribution in [1.82, 2.24) is 0 Å². The molecule has 1 aliphatic rings. The van der Waals surface area contributed by atoms with Gasteiger partial charge in [0.25, 0.3) is 0 Å². The molecule has 4 heteroatoms. The van der Waals surface area contributed by atoms with Gasteiger partial charge in [0, 0.05) is 17.2 Å². The van der Waals surface area contributed by atoms with E-state index >= 15 is 0 Å². The fourth-order valence-corrected chi connectivity index (χ4v) is 2.37. The van der Waals surface area contributed by atoms with E-state index in [1.54, 1.807) is 0 Å². The highest BCUT2D eigenvalue weighted by Gasteiger charge is 2.32. The van der Waals surface area contributed by atoms with Crippen molar-refractivity contribution in [3.8, 4) is 5.75 Å². The Labute approximate surface area is 93.1 Å². The van der Waals surface area contributed by atoms with Crippen LogP contribution >= 0.6 is 0 Å². The van der Waals surface area contributed by atoms with E-state index < -0.39 is 22.9 Å². The van der Waals surface area contributed by atoms with E-state index in [2.05, 4.69) is 0 Å². The monoisotopic (exact) mass is 227 g/mol. The third kappa shape index (κ3) is 1.89. The molecule has 0 atom stereocenters. The number of rotatable bonds is 1. The third-order valence-corrected chi connectivity index (χ3v) is 3.32. The SMILES string of the molecule is NC1(c2cc(F)c(O)cc2F)CCCCC1. The molecule has 0 heterocycles. The summed E-state index contributed by atoms with van der Waals surface area (Å²) in [6.07, 6.45) is 4.26. The van der Waals surface area contributed by atoms with Crippen LogP contribution in [0, 0.1) is 11.6 Å². The summed E-state index contributed by atoms with van der Waals surface area (Å²) < 4.78 is 26.9. The number of hydrogen-bond donors (Lipinski definition) is 2. The van der Waals surface area contributed by atoms with Crippen molar-refractivity contribution in [2.24, 2.45) is 5.73 Å². The number of benzene rings is 1. The molecule has 88 valence electrons. The lowest BCUT2D eigenvalue weighted by molar-refractivity contribution is 0.290. The van der Waals surface area contributed by atoms with E-state index in [0.29, 0.717) is 12.8 Å². The summed E-state index contributed by atoms with van der Waals surface area (Å²) in [6, 6.07) is 1.82. The molecule has 1 aliphatic carbocycles. The fraction of sp³-hybridized carbons (Fsp3) is 0.500. The quantitative estimate of drug-likeness (QED) is 0.775. The van der Waals surface area contributed by atoms with Gasteiger partial charge < -0.3 is 10.8 Å². The van der Waals surface area contributed by atoms with Crippen LogP contribution in [0.5, 0.6) is 5.75 Å². The summed E-state index contributed by atoms with van der Waals surface area (Å²) in [5.74, 6) is -2.10. The largest absolute Gasteiger partial charge is 0.505 e. The minimum absolute atomic E-state index is 0.183. The first-order chi connectivity index (χ1) is 7.53. The highest BCUT2D eigenvalue weighted by atomic mass is 19.1. The van der Waals surface area contributed by atoms with Crippen molar-refractivity contribution in [1.29, 1.82) is 0 Å². The van der Waals surface area contributed by atoms with Gasteiger partial charge in [0.05, 0.1) is 0 Å². The number of aromatic hydroxyl groups is 1. The fourth-order valence-electron chi connectivity index (χ4n) is 2.37. The van der Waals surface area contributed by atoms with Crippen LogP contribution in [0.4, 0.5) is 8.78 Å². The molecule has 2 rings (SSSR count). The highest BCUT2D eigenvalue weighted by molar-refractivity contribution is 5.34. The van der Waals surface area contributed by atoms with Gasteiger partial charge in [0.2, 0.25) is 0 Å². The second-order valence-corrected chi connectivity index (χ2v) is 4.50. The predicted octanol–water partition coefficient (Wildman–Crippen LogP) is 2.79. The lowest BCUT2D eigenvalue weighted by Gasteiger charge is -2.34. The van der Waals surface area contributed by atoms with Gasteiger partial charge in [-0.3, -0.25) is 0 Å². The van der Waals surface area contributed by atoms with Crippen molar-refractivity contribution in [3.63, 3.8) is 0 Å². The minimum atomic E-state index is -0.813. The Morgan fingerprint density at radius 1 is 1.06 bits per heavy atom. The first-order valence-electron chi connectivity index (χ1n) is 5.50. The molecule has 1 saturated carbocycles. The molecule has 0 bridgehead atoms. The van der Waals surface area contributed by atoms with Gasteiger partial charge in [0.15, 0.2) is 11.6 Å². The van der Waals surface area contributed by atoms with Crippen molar-refractivity contribution in [2.75, 3.05) is 0 Å². The zero-order valence-electron chi connectivity index (χ0n) is 8.97. The second-order valence-electron chi connectivity index (χ2n) is 4.50. The number of halogens is 2. The van der Waals surface area contributed by atoms with Gasteiger partial charge in [-0.25, -0.2) is 8.78 Å². The maximum atomic E-state index is 13.7. The Morgan fingerprint density at radius 2 is 1.69 bits per heavy atom. The minimum Gasteiger partial charge on any atom is -0.505 e. The molecular formula is C12H15F2NO. The zero-order chi connectivity index (χ0) is 11.8. The Morgan fingerprint density at radius 3 is 2.31 bits per heavy atom. The average Bonchev–Trinajstić information content (AvgIpc) is 2.24. The molecule has 0 unspecified atom stereocenters. The van der Waals surface area contributed by atoms with E-state index in [1.165, 1.54) is 0 Å². The zero-order valence-corrected chi connectivity index (χ0v) is 8.97. The summed E-state index contributed by atoms with van der Waals surface area (Å²) in [4.78, 5) is 0. The Bertz CT molecular complexity index is 400. The van der Waals surface area contributed by atoms with Crippen molar-refractivity contribution in [3.05, 3.63) is 29.3 Å². The summed E-state index contributed by atoms with van der Waals surface area (Å²) in [5, 5.41) is 9.05. The van der Waals surface area contributed by atoms with E-state index in [9.17, 15) is 8.78 Å². The van der Waals surface area contributed by atoms with Crippen molar-refractivity contribution in [2.45, 2.75) is 37.6 Å². The van der Waals surface area contributed by atoms with E-state index in [1.807, 2.05) is 0 Å².